The molecule has 0 spiro atoms. The van der Waals surface area contributed by atoms with E-state index < -0.39 is 0 Å². The van der Waals surface area contributed by atoms with Gasteiger partial charge in [-0.25, -0.2) is 0 Å². The maximum absolute atomic E-state index is 13.3. The van der Waals surface area contributed by atoms with Crippen molar-refractivity contribution < 1.29 is 9.59 Å². The minimum atomic E-state index is -0.125. The molecule has 4 rings (SSSR count). The van der Waals surface area contributed by atoms with Crippen molar-refractivity contribution in [2.75, 3.05) is 5.32 Å². The normalized spacial score (nSPS) is 21.0. The molecule has 5 heteroatoms. The molecule has 0 aromatic heterocycles. The predicted octanol–water partition coefficient (Wildman–Crippen LogP) is 4.23. The zero-order valence-electron chi connectivity index (χ0n) is 17.8. The Hall–Kier alpha value is -2.40. The first kappa shape index (κ1) is 19.9. The van der Waals surface area contributed by atoms with Gasteiger partial charge < -0.3 is 16.0 Å². The monoisotopic (exact) mass is 393 g/mol. The summed E-state index contributed by atoms with van der Waals surface area (Å²) in [5, 5.41) is 11.9. The highest BCUT2D eigenvalue weighted by molar-refractivity contribution is 6.08. The first-order chi connectivity index (χ1) is 13.6. The number of anilines is 1. The van der Waals surface area contributed by atoms with Crippen LogP contribution in [-0.4, -0.2) is 28.9 Å². The molecule has 0 bridgehead atoms. The summed E-state index contributed by atoms with van der Waals surface area (Å²) in [6.45, 7) is 8.68. The molecule has 1 heterocycles. The number of amides is 2. The first-order valence-corrected chi connectivity index (χ1v) is 10.6. The second kappa shape index (κ2) is 7.13. The van der Waals surface area contributed by atoms with Gasteiger partial charge in [-0.05, 0) is 76.3 Å². The van der Waals surface area contributed by atoms with Crippen LogP contribution >= 0.6 is 0 Å². The molecule has 0 atom stereocenters. The average molecular weight is 394 g/mol. The second-order valence-corrected chi connectivity index (χ2v) is 9.98. The van der Waals surface area contributed by atoms with Gasteiger partial charge in [0.15, 0.2) is 0 Å². The Morgan fingerprint density at radius 3 is 2.14 bits per heavy atom. The summed E-state index contributed by atoms with van der Waals surface area (Å²) in [7, 11) is 0. The van der Waals surface area contributed by atoms with E-state index >= 15 is 0 Å². The van der Waals surface area contributed by atoms with Gasteiger partial charge in [0.25, 0.3) is 5.91 Å². The van der Waals surface area contributed by atoms with E-state index in [9.17, 15) is 9.59 Å². The Bertz CT molecular complexity index is 944. The van der Waals surface area contributed by atoms with Crippen molar-refractivity contribution in [2.24, 2.45) is 5.92 Å². The summed E-state index contributed by atoms with van der Waals surface area (Å²) in [4.78, 5) is 25.7. The number of fused-ring (bicyclic) bond motifs is 1. The molecule has 2 amide bonds. The van der Waals surface area contributed by atoms with E-state index in [-0.39, 0.29) is 34.9 Å². The predicted molar refractivity (Wildman–Crippen MR) is 117 cm³/mol. The van der Waals surface area contributed by atoms with Gasteiger partial charge >= 0.3 is 0 Å². The van der Waals surface area contributed by atoms with Gasteiger partial charge in [-0.1, -0.05) is 24.3 Å². The first-order valence-electron chi connectivity index (χ1n) is 10.6. The summed E-state index contributed by atoms with van der Waals surface area (Å²) >= 11 is 0. The smallest absolute Gasteiger partial charge is 0.253 e. The molecule has 1 aliphatic carbocycles. The lowest BCUT2D eigenvalue weighted by Gasteiger charge is -2.46. The van der Waals surface area contributed by atoms with E-state index in [0.717, 1.165) is 36.5 Å². The third-order valence-electron chi connectivity index (χ3n) is 5.86. The van der Waals surface area contributed by atoms with E-state index in [1.165, 1.54) is 0 Å². The lowest BCUT2D eigenvalue weighted by Crippen LogP contribution is -2.62. The van der Waals surface area contributed by atoms with E-state index in [4.69, 9.17) is 0 Å². The number of carbonyl (C=O) groups is 2. The van der Waals surface area contributed by atoms with E-state index in [0.29, 0.717) is 11.3 Å². The van der Waals surface area contributed by atoms with Crippen LogP contribution in [0.25, 0.3) is 10.8 Å². The number of rotatable bonds is 4. The third kappa shape index (κ3) is 4.61. The molecule has 2 aliphatic rings. The van der Waals surface area contributed by atoms with Gasteiger partial charge in [-0.3, -0.25) is 9.59 Å². The lowest BCUT2D eigenvalue weighted by molar-refractivity contribution is -0.117. The molecule has 2 aromatic carbocycles. The largest absolute Gasteiger partial charge is 0.349 e. The quantitative estimate of drug-likeness (QED) is 0.728. The second-order valence-electron chi connectivity index (χ2n) is 9.98. The molecule has 1 aliphatic heterocycles. The van der Waals surface area contributed by atoms with Crippen LogP contribution in [-0.2, 0) is 4.79 Å². The Kier molecular flexibility index (Phi) is 4.89. The Morgan fingerprint density at radius 2 is 1.55 bits per heavy atom. The van der Waals surface area contributed by atoms with Gasteiger partial charge in [0.1, 0.15) is 0 Å². The van der Waals surface area contributed by atoms with Crippen LogP contribution in [0.3, 0.4) is 0 Å². The van der Waals surface area contributed by atoms with Crippen molar-refractivity contribution in [3.05, 3.63) is 42.0 Å². The molecule has 0 radical (unpaired) electrons. The fraction of sp³-hybridized carbons (Fsp3) is 0.500. The number of nitrogens with one attached hydrogen (secondary N) is 3. The Labute approximate surface area is 172 Å². The van der Waals surface area contributed by atoms with Gasteiger partial charge in [-0.2, -0.15) is 0 Å². The highest BCUT2D eigenvalue weighted by Crippen LogP contribution is 2.33. The highest BCUT2D eigenvalue weighted by Gasteiger charge is 2.38. The number of hydrogen-bond acceptors (Lipinski definition) is 3. The lowest BCUT2D eigenvalue weighted by atomic mass is 9.79. The molecule has 1 saturated carbocycles. The van der Waals surface area contributed by atoms with Gasteiger partial charge in [0, 0.05) is 23.0 Å². The molecule has 154 valence electrons. The maximum atomic E-state index is 13.3. The summed E-state index contributed by atoms with van der Waals surface area (Å²) in [5.41, 5.74) is 1.04. The molecule has 3 N–H and O–H groups in total. The van der Waals surface area contributed by atoms with Crippen LogP contribution in [0.15, 0.2) is 36.4 Å². The van der Waals surface area contributed by atoms with Crippen molar-refractivity contribution in [1.29, 1.82) is 0 Å². The Morgan fingerprint density at radius 1 is 0.966 bits per heavy atom. The molecule has 1 saturated heterocycles. The molecular formula is C24H31N3O2. The number of benzene rings is 2. The van der Waals surface area contributed by atoms with Gasteiger partial charge in [0.05, 0.1) is 11.3 Å². The maximum Gasteiger partial charge on any atom is 0.253 e. The summed E-state index contributed by atoms with van der Waals surface area (Å²) in [6, 6.07) is 11.8. The van der Waals surface area contributed by atoms with Crippen molar-refractivity contribution in [3.8, 4) is 0 Å². The average Bonchev–Trinajstić information content (AvgIpc) is 3.43. The fourth-order valence-electron chi connectivity index (χ4n) is 4.80. The number of carbonyl (C=O) groups excluding carboxylic acids is 2. The van der Waals surface area contributed by atoms with Crippen molar-refractivity contribution >= 4 is 28.3 Å². The van der Waals surface area contributed by atoms with Crippen molar-refractivity contribution in [3.63, 3.8) is 0 Å². The highest BCUT2D eigenvalue weighted by atomic mass is 16.2. The number of hydrogen-bond donors (Lipinski definition) is 3. The van der Waals surface area contributed by atoms with Crippen LogP contribution in [0.1, 0.15) is 63.7 Å². The standard InChI is InChI=1S/C24H31N3O2/c1-23(2)13-18(14-24(3,4)27-23)25-22(29)19-11-16-7-5-6-8-17(16)12-20(19)26-21(28)15-9-10-15/h5-8,11-12,15,18,27H,9-10,13-14H2,1-4H3,(H,25,29)(H,26,28). The molecule has 29 heavy (non-hydrogen) atoms. The SMILES string of the molecule is CC1(C)CC(NC(=O)c2cc3ccccc3cc2NC(=O)C2CC2)CC(C)(C)N1. The van der Waals surface area contributed by atoms with Crippen LogP contribution in [0.4, 0.5) is 5.69 Å². The van der Waals surface area contributed by atoms with Crippen LogP contribution in [0.5, 0.6) is 0 Å². The van der Waals surface area contributed by atoms with Crippen molar-refractivity contribution in [2.45, 2.75) is 70.5 Å². The number of piperidine rings is 1. The minimum Gasteiger partial charge on any atom is -0.349 e. The van der Waals surface area contributed by atoms with E-state index in [2.05, 4.69) is 43.6 Å². The van der Waals surface area contributed by atoms with Crippen LogP contribution < -0.4 is 16.0 Å². The minimum absolute atomic E-state index is 0.0125. The van der Waals surface area contributed by atoms with Gasteiger partial charge in [0.2, 0.25) is 5.91 Å². The summed E-state index contributed by atoms with van der Waals surface area (Å²) in [6.07, 6.45) is 3.58. The van der Waals surface area contributed by atoms with Crippen molar-refractivity contribution in [1.82, 2.24) is 10.6 Å². The van der Waals surface area contributed by atoms with Crippen LogP contribution in [0, 0.1) is 5.92 Å². The summed E-state index contributed by atoms with van der Waals surface area (Å²) < 4.78 is 0. The zero-order chi connectivity index (χ0) is 20.8. The molecule has 0 unspecified atom stereocenters. The Balaban J connectivity index is 1.62. The molecule has 2 aromatic rings. The fourth-order valence-corrected chi connectivity index (χ4v) is 4.80. The zero-order valence-corrected chi connectivity index (χ0v) is 17.8. The van der Waals surface area contributed by atoms with E-state index in [1.807, 2.05) is 36.4 Å². The van der Waals surface area contributed by atoms with Gasteiger partial charge in [-0.15, -0.1) is 0 Å². The molecular weight excluding hydrogens is 362 g/mol. The summed E-state index contributed by atoms with van der Waals surface area (Å²) in [5.74, 6) is -0.0257. The third-order valence-corrected chi connectivity index (χ3v) is 5.86. The molecule has 5 nitrogen and oxygen atoms in total. The molecule has 2 fully saturated rings. The topological polar surface area (TPSA) is 70.2 Å². The van der Waals surface area contributed by atoms with E-state index in [1.54, 1.807) is 0 Å². The van der Waals surface area contributed by atoms with Crippen LogP contribution in [0.2, 0.25) is 0 Å².